The van der Waals surface area contributed by atoms with E-state index >= 15 is 0 Å². The van der Waals surface area contributed by atoms with E-state index in [2.05, 4.69) is 25.2 Å². The molecule has 10 heteroatoms. The summed E-state index contributed by atoms with van der Waals surface area (Å²) >= 11 is 0. The lowest BCUT2D eigenvalue weighted by Crippen LogP contribution is -2.47. The van der Waals surface area contributed by atoms with Crippen LogP contribution in [-0.2, 0) is 6.18 Å². The molecule has 162 valence electrons. The van der Waals surface area contributed by atoms with E-state index in [9.17, 15) is 18.0 Å². The summed E-state index contributed by atoms with van der Waals surface area (Å²) in [5.74, 6) is 0.0289. The van der Waals surface area contributed by atoms with E-state index in [0.717, 1.165) is 43.3 Å². The molecule has 0 radical (unpaired) electrons. The van der Waals surface area contributed by atoms with Crippen LogP contribution in [0, 0.1) is 0 Å². The van der Waals surface area contributed by atoms with Crippen molar-refractivity contribution in [2.24, 2.45) is 5.73 Å². The van der Waals surface area contributed by atoms with Crippen LogP contribution in [0.4, 0.5) is 24.7 Å². The number of nitrogens with two attached hydrogens (primary N) is 1. The van der Waals surface area contributed by atoms with Crippen LogP contribution in [0.15, 0.2) is 36.8 Å². The van der Waals surface area contributed by atoms with Gasteiger partial charge in [0.25, 0.3) is 5.91 Å². The van der Waals surface area contributed by atoms with E-state index in [1.165, 1.54) is 12.3 Å². The first kappa shape index (κ1) is 19.7. The standard InChI is InChI=1S/C21H21F3N6O/c22-21(23,24)11-1-4-17(27-9-11)30-13-2-3-14(30)8-12(7-13)29-18-15-5-6-26-20(15)28-10-16(18)19(25)31/h1,4-6,9-10,12-14H,2-3,7-8H2,(H2,25,31)(H2,26,28,29)/t12-,13-,14+. The van der Waals surface area contributed by atoms with Gasteiger partial charge in [0.15, 0.2) is 0 Å². The molecule has 7 nitrogen and oxygen atoms in total. The maximum atomic E-state index is 12.9. The first-order valence-corrected chi connectivity index (χ1v) is 10.2. The lowest BCUT2D eigenvalue weighted by atomic mass is 9.96. The zero-order valence-corrected chi connectivity index (χ0v) is 16.5. The molecule has 2 bridgehead atoms. The molecule has 3 aromatic heterocycles. The number of piperidine rings is 1. The van der Waals surface area contributed by atoms with Crippen molar-refractivity contribution < 1.29 is 18.0 Å². The molecule has 5 rings (SSSR count). The number of fused-ring (bicyclic) bond motifs is 3. The number of amides is 1. The maximum absolute atomic E-state index is 12.9. The monoisotopic (exact) mass is 430 g/mol. The Hall–Kier alpha value is -3.30. The normalized spacial score (nSPS) is 23.3. The third kappa shape index (κ3) is 3.45. The second-order valence-electron chi connectivity index (χ2n) is 8.16. The molecule has 2 aliphatic heterocycles. The van der Waals surface area contributed by atoms with Crippen molar-refractivity contribution >= 4 is 28.4 Å². The topological polar surface area (TPSA) is 99.9 Å². The number of primary amides is 1. The van der Waals surface area contributed by atoms with Crippen molar-refractivity contribution in [2.75, 3.05) is 10.2 Å². The fourth-order valence-corrected chi connectivity index (χ4v) is 4.93. The summed E-state index contributed by atoms with van der Waals surface area (Å²) in [6.45, 7) is 0. The molecule has 3 atom stereocenters. The predicted molar refractivity (Wildman–Crippen MR) is 110 cm³/mol. The van der Waals surface area contributed by atoms with Crippen LogP contribution in [0.2, 0.25) is 0 Å². The highest BCUT2D eigenvalue weighted by molar-refractivity contribution is 6.06. The highest BCUT2D eigenvalue weighted by Gasteiger charge is 2.42. The quantitative estimate of drug-likeness (QED) is 0.586. The highest BCUT2D eigenvalue weighted by atomic mass is 19.4. The SMILES string of the molecule is NC(=O)c1cnc2[nH]ccc2c1N[C@@H]1C[C@H]2CC[C@@H](C1)N2c1ccc(C(F)(F)F)cn1. The first-order chi connectivity index (χ1) is 14.8. The number of carbonyl (C=O) groups excluding carboxylic acids is 1. The van der Waals surface area contributed by atoms with Gasteiger partial charge in [-0.05, 0) is 43.9 Å². The van der Waals surface area contributed by atoms with Crippen molar-refractivity contribution in [1.82, 2.24) is 15.0 Å². The molecular weight excluding hydrogens is 409 g/mol. The van der Waals surface area contributed by atoms with Crippen LogP contribution < -0.4 is 16.0 Å². The zero-order valence-electron chi connectivity index (χ0n) is 16.5. The van der Waals surface area contributed by atoms with Gasteiger partial charge in [0.1, 0.15) is 11.5 Å². The van der Waals surface area contributed by atoms with Gasteiger partial charge in [-0.1, -0.05) is 0 Å². The fourth-order valence-electron chi connectivity index (χ4n) is 4.93. The summed E-state index contributed by atoms with van der Waals surface area (Å²) < 4.78 is 38.6. The third-order valence-corrected chi connectivity index (χ3v) is 6.27. The largest absolute Gasteiger partial charge is 0.417 e. The van der Waals surface area contributed by atoms with Gasteiger partial charge < -0.3 is 20.9 Å². The van der Waals surface area contributed by atoms with Gasteiger partial charge >= 0.3 is 6.18 Å². The number of carbonyl (C=O) groups is 1. The first-order valence-electron chi connectivity index (χ1n) is 10.2. The molecule has 0 aliphatic carbocycles. The number of aromatic nitrogens is 3. The van der Waals surface area contributed by atoms with Crippen molar-refractivity contribution in [2.45, 2.75) is 50.0 Å². The molecule has 2 fully saturated rings. The number of H-pyrrole nitrogens is 1. The van der Waals surface area contributed by atoms with Crippen molar-refractivity contribution in [3.63, 3.8) is 0 Å². The minimum absolute atomic E-state index is 0.0989. The molecule has 31 heavy (non-hydrogen) atoms. The zero-order chi connectivity index (χ0) is 21.8. The molecule has 0 aromatic carbocycles. The number of nitrogens with one attached hydrogen (secondary N) is 2. The molecule has 1 amide bonds. The molecule has 5 heterocycles. The number of nitrogens with zero attached hydrogens (tertiary/aromatic N) is 3. The van der Waals surface area contributed by atoms with E-state index < -0.39 is 17.6 Å². The Kier molecular flexibility index (Phi) is 4.53. The molecule has 0 unspecified atom stereocenters. The van der Waals surface area contributed by atoms with Gasteiger partial charge in [-0.3, -0.25) is 4.79 Å². The minimum atomic E-state index is -4.40. The van der Waals surface area contributed by atoms with Crippen LogP contribution in [-0.4, -0.2) is 39.0 Å². The smallest absolute Gasteiger partial charge is 0.381 e. The molecule has 2 saturated heterocycles. The fraction of sp³-hybridized carbons (Fsp3) is 0.381. The number of alkyl halides is 3. The minimum Gasteiger partial charge on any atom is -0.381 e. The summed E-state index contributed by atoms with van der Waals surface area (Å²) in [5, 5.41) is 4.31. The van der Waals surface area contributed by atoms with Crippen LogP contribution in [0.25, 0.3) is 11.0 Å². The Bertz CT molecular complexity index is 1110. The molecule has 0 saturated carbocycles. The molecular formula is C21H21F3N6O. The average molecular weight is 430 g/mol. The second kappa shape index (κ2) is 7.14. The van der Waals surface area contributed by atoms with E-state index in [1.54, 1.807) is 6.20 Å². The van der Waals surface area contributed by atoms with Crippen molar-refractivity contribution in [3.05, 3.63) is 47.9 Å². The summed E-state index contributed by atoms with van der Waals surface area (Å²) in [6.07, 6.45) is 3.20. The number of hydrogen-bond donors (Lipinski definition) is 3. The molecule has 4 N–H and O–H groups in total. The van der Waals surface area contributed by atoms with E-state index in [4.69, 9.17) is 5.73 Å². The summed E-state index contributed by atoms with van der Waals surface area (Å²) in [6, 6.07) is 4.83. The highest BCUT2D eigenvalue weighted by Crippen LogP contribution is 2.41. The van der Waals surface area contributed by atoms with Crippen molar-refractivity contribution in [1.29, 1.82) is 0 Å². The number of rotatable bonds is 4. The lowest BCUT2D eigenvalue weighted by molar-refractivity contribution is -0.137. The summed E-state index contributed by atoms with van der Waals surface area (Å²) in [5.41, 5.74) is 6.50. The predicted octanol–water partition coefficient (Wildman–Crippen LogP) is 3.69. The number of anilines is 2. The number of aromatic amines is 1. The van der Waals surface area contributed by atoms with Crippen LogP contribution >= 0.6 is 0 Å². The molecule has 0 spiro atoms. The van der Waals surface area contributed by atoms with Crippen LogP contribution in [0.5, 0.6) is 0 Å². The Morgan fingerprint density at radius 2 is 1.87 bits per heavy atom. The average Bonchev–Trinajstić information content (AvgIpc) is 3.30. The van der Waals surface area contributed by atoms with Gasteiger partial charge in [-0.25, -0.2) is 9.97 Å². The second-order valence-corrected chi connectivity index (χ2v) is 8.16. The van der Waals surface area contributed by atoms with E-state index in [-0.39, 0.29) is 18.1 Å². The van der Waals surface area contributed by atoms with E-state index in [0.29, 0.717) is 22.7 Å². The third-order valence-electron chi connectivity index (χ3n) is 6.27. The molecule has 2 aliphatic rings. The van der Waals surface area contributed by atoms with E-state index in [1.807, 2.05) is 6.07 Å². The van der Waals surface area contributed by atoms with Gasteiger partial charge in [-0.15, -0.1) is 0 Å². The van der Waals surface area contributed by atoms with Crippen molar-refractivity contribution in [3.8, 4) is 0 Å². The van der Waals surface area contributed by atoms with Gasteiger partial charge in [0.2, 0.25) is 0 Å². The van der Waals surface area contributed by atoms with Gasteiger partial charge in [0.05, 0.1) is 16.8 Å². The number of halogens is 3. The lowest BCUT2D eigenvalue weighted by Gasteiger charge is -2.40. The number of pyridine rings is 2. The van der Waals surface area contributed by atoms with Crippen LogP contribution in [0.3, 0.4) is 0 Å². The van der Waals surface area contributed by atoms with Gasteiger partial charge in [-0.2, -0.15) is 13.2 Å². The summed E-state index contributed by atoms with van der Waals surface area (Å²) in [7, 11) is 0. The molecule has 3 aromatic rings. The Labute approximate surface area is 175 Å². The van der Waals surface area contributed by atoms with Gasteiger partial charge in [0, 0.05) is 42.1 Å². The Morgan fingerprint density at radius 3 is 2.48 bits per heavy atom. The summed E-state index contributed by atoms with van der Waals surface area (Å²) in [4.78, 5) is 25.5. The maximum Gasteiger partial charge on any atom is 0.417 e. The van der Waals surface area contributed by atoms with Crippen LogP contribution in [0.1, 0.15) is 41.6 Å². The number of hydrogen-bond acceptors (Lipinski definition) is 5. The Balaban J connectivity index is 1.38. The Morgan fingerprint density at radius 1 is 1.13 bits per heavy atom.